The van der Waals surface area contributed by atoms with Crippen LogP contribution in [0.15, 0.2) is 34.8 Å². The third-order valence-electron chi connectivity index (χ3n) is 5.60. The predicted molar refractivity (Wildman–Crippen MR) is 127 cm³/mol. The van der Waals surface area contributed by atoms with E-state index in [1.165, 1.54) is 0 Å². The van der Waals surface area contributed by atoms with E-state index in [0.29, 0.717) is 23.7 Å². The number of rotatable bonds is 9. The Bertz CT molecular complexity index is 929. The van der Waals surface area contributed by atoms with Crippen LogP contribution in [0.3, 0.4) is 0 Å². The summed E-state index contributed by atoms with van der Waals surface area (Å²) in [6, 6.07) is 9.63. The van der Waals surface area contributed by atoms with Gasteiger partial charge in [-0.25, -0.2) is 4.79 Å². The lowest BCUT2D eigenvalue weighted by molar-refractivity contribution is 0.0526. The maximum absolute atomic E-state index is 11.9. The zero-order valence-electron chi connectivity index (χ0n) is 19.2. The van der Waals surface area contributed by atoms with E-state index in [1.54, 1.807) is 21.3 Å². The molecule has 0 spiro atoms. The van der Waals surface area contributed by atoms with Gasteiger partial charge in [0.2, 0.25) is 5.75 Å². The molecule has 0 saturated carbocycles. The highest BCUT2D eigenvalue weighted by Gasteiger charge is 2.22. The molecule has 2 aromatic rings. The summed E-state index contributed by atoms with van der Waals surface area (Å²) < 4.78 is 22.5. The Kier molecular flexibility index (Phi) is 8.78. The molecular formula is C24H31BrN2O5. The zero-order valence-corrected chi connectivity index (χ0v) is 20.7. The van der Waals surface area contributed by atoms with Gasteiger partial charge in [-0.05, 0) is 30.7 Å². The molecule has 2 aromatic carbocycles. The van der Waals surface area contributed by atoms with Gasteiger partial charge in [0, 0.05) is 49.3 Å². The van der Waals surface area contributed by atoms with Gasteiger partial charge in [0.15, 0.2) is 11.5 Å². The third-order valence-corrected chi connectivity index (χ3v) is 6.34. The van der Waals surface area contributed by atoms with Crippen LogP contribution in [0.1, 0.15) is 28.4 Å². The first kappa shape index (κ1) is 24.4. The van der Waals surface area contributed by atoms with Crippen LogP contribution in [0.4, 0.5) is 0 Å². The van der Waals surface area contributed by atoms with Crippen molar-refractivity contribution in [3.63, 3.8) is 0 Å². The minimum absolute atomic E-state index is 0.293. The van der Waals surface area contributed by atoms with E-state index in [1.807, 2.05) is 37.3 Å². The van der Waals surface area contributed by atoms with Gasteiger partial charge in [-0.2, -0.15) is 0 Å². The number of piperazine rings is 1. The van der Waals surface area contributed by atoms with E-state index in [2.05, 4.69) is 25.7 Å². The van der Waals surface area contributed by atoms with Gasteiger partial charge in [-0.1, -0.05) is 28.1 Å². The molecule has 1 saturated heterocycles. The third kappa shape index (κ3) is 5.74. The maximum Gasteiger partial charge on any atom is 0.338 e. The minimum atomic E-state index is -0.293. The molecule has 0 radical (unpaired) electrons. The van der Waals surface area contributed by atoms with Crippen molar-refractivity contribution in [1.82, 2.24) is 9.80 Å². The first-order valence-electron chi connectivity index (χ1n) is 10.7. The zero-order chi connectivity index (χ0) is 23.1. The number of ether oxygens (including phenoxy) is 4. The van der Waals surface area contributed by atoms with Gasteiger partial charge in [0.1, 0.15) is 0 Å². The Morgan fingerprint density at radius 3 is 2.00 bits per heavy atom. The number of methoxy groups -OCH3 is 3. The summed E-state index contributed by atoms with van der Waals surface area (Å²) in [5.41, 5.74) is 2.81. The number of hydrogen-bond donors (Lipinski definition) is 0. The van der Waals surface area contributed by atoms with E-state index in [-0.39, 0.29) is 5.97 Å². The summed E-state index contributed by atoms with van der Waals surface area (Å²) in [7, 11) is 4.91. The van der Waals surface area contributed by atoms with Gasteiger partial charge in [0.25, 0.3) is 0 Å². The summed E-state index contributed by atoms with van der Waals surface area (Å²) >= 11 is 3.61. The van der Waals surface area contributed by atoms with Gasteiger partial charge in [-0.3, -0.25) is 9.80 Å². The topological polar surface area (TPSA) is 60.5 Å². The van der Waals surface area contributed by atoms with Gasteiger partial charge >= 0.3 is 5.97 Å². The van der Waals surface area contributed by atoms with Crippen LogP contribution in [0.5, 0.6) is 17.2 Å². The molecule has 0 N–H and O–H groups in total. The van der Waals surface area contributed by atoms with Gasteiger partial charge in [0.05, 0.1) is 33.5 Å². The molecule has 174 valence electrons. The first-order valence-corrected chi connectivity index (χ1v) is 11.5. The minimum Gasteiger partial charge on any atom is -0.493 e. The number of halogens is 1. The van der Waals surface area contributed by atoms with Crippen LogP contribution < -0.4 is 14.2 Å². The highest BCUT2D eigenvalue weighted by Crippen LogP contribution is 2.40. The van der Waals surface area contributed by atoms with Gasteiger partial charge < -0.3 is 18.9 Å². The summed E-state index contributed by atoms with van der Waals surface area (Å²) in [6.45, 7) is 7.63. The number of nitrogens with zero attached hydrogens (tertiary/aromatic N) is 2. The van der Waals surface area contributed by atoms with Crippen LogP contribution in [0.25, 0.3) is 0 Å². The van der Waals surface area contributed by atoms with E-state index in [4.69, 9.17) is 18.9 Å². The lowest BCUT2D eigenvalue weighted by Gasteiger charge is -2.35. The molecule has 8 heteroatoms. The second-order valence-corrected chi connectivity index (χ2v) is 8.43. The standard InChI is InChI=1S/C24H31BrN2O5/c1-5-32-24(28)17-6-7-18(20(25)14-17)15-26-10-12-27(13-11-26)16-19-8-9-21(29-2)23(31-4)22(19)30-3/h6-9,14H,5,10-13,15-16H2,1-4H3. The summed E-state index contributed by atoms with van der Waals surface area (Å²) in [6.07, 6.45) is 0. The van der Waals surface area contributed by atoms with Crippen molar-refractivity contribution in [3.05, 3.63) is 51.5 Å². The highest BCUT2D eigenvalue weighted by molar-refractivity contribution is 9.10. The molecule has 0 aliphatic carbocycles. The summed E-state index contributed by atoms with van der Waals surface area (Å²) in [5.74, 6) is 1.72. The Hall–Kier alpha value is -2.29. The molecule has 1 heterocycles. The van der Waals surface area contributed by atoms with Crippen molar-refractivity contribution in [2.75, 3.05) is 54.1 Å². The van der Waals surface area contributed by atoms with Crippen molar-refractivity contribution in [1.29, 1.82) is 0 Å². The fraction of sp³-hybridized carbons (Fsp3) is 0.458. The molecule has 7 nitrogen and oxygen atoms in total. The monoisotopic (exact) mass is 506 g/mol. The van der Waals surface area contributed by atoms with Crippen LogP contribution in [0.2, 0.25) is 0 Å². The normalized spacial score (nSPS) is 14.8. The fourth-order valence-corrected chi connectivity index (χ4v) is 4.40. The number of esters is 1. The van der Waals surface area contributed by atoms with E-state index in [0.717, 1.165) is 60.6 Å². The molecule has 0 amide bonds. The molecular weight excluding hydrogens is 476 g/mol. The summed E-state index contributed by atoms with van der Waals surface area (Å²) in [5, 5.41) is 0. The van der Waals surface area contributed by atoms with Crippen molar-refractivity contribution >= 4 is 21.9 Å². The Morgan fingerprint density at radius 2 is 1.47 bits per heavy atom. The molecule has 1 aliphatic rings. The molecule has 0 bridgehead atoms. The van der Waals surface area contributed by atoms with Crippen molar-refractivity contribution in [2.45, 2.75) is 20.0 Å². The lowest BCUT2D eigenvalue weighted by Crippen LogP contribution is -2.45. The number of benzene rings is 2. The van der Waals surface area contributed by atoms with Crippen LogP contribution in [-0.2, 0) is 17.8 Å². The van der Waals surface area contributed by atoms with Crippen molar-refractivity contribution in [2.24, 2.45) is 0 Å². The van der Waals surface area contributed by atoms with E-state index >= 15 is 0 Å². The van der Waals surface area contributed by atoms with Crippen LogP contribution in [0, 0.1) is 0 Å². The predicted octanol–water partition coefficient (Wildman–Crippen LogP) is 3.97. The Balaban J connectivity index is 1.59. The fourth-order valence-electron chi connectivity index (χ4n) is 3.89. The SMILES string of the molecule is CCOC(=O)c1ccc(CN2CCN(Cc3ccc(OC)c(OC)c3OC)CC2)c(Br)c1. The number of hydrogen-bond acceptors (Lipinski definition) is 7. The molecule has 32 heavy (non-hydrogen) atoms. The van der Waals surface area contributed by atoms with Crippen LogP contribution in [-0.4, -0.2) is 69.9 Å². The largest absolute Gasteiger partial charge is 0.493 e. The average molecular weight is 507 g/mol. The van der Waals surface area contributed by atoms with Crippen molar-refractivity contribution < 1.29 is 23.7 Å². The Labute approximate surface area is 198 Å². The van der Waals surface area contributed by atoms with E-state index < -0.39 is 0 Å². The van der Waals surface area contributed by atoms with Gasteiger partial charge in [-0.15, -0.1) is 0 Å². The molecule has 1 aliphatic heterocycles. The summed E-state index contributed by atoms with van der Waals surface area (Å²) in [4.78, 5) is 16.8. The molecule has 3 rings (SSSR count). The highest BCUT2D eigenvalue weighted by atomic mass is 79.9. The van der Waals surface area contributed by atoms with Crippen molar-refractivity contribution in [3.8, 4) is 17.2 Å². The lowest BCUT2D eigenvalue weighted by atomic mass is 10.1. The molecule has 0 unspecified atom stereocenters. The smallest absolute Gasteiger partial charge is 0.338 e. The quantitative estimate of drug-likeness (QED) is 0.476. The molecule has 0 atom stereocenters. The number of carbonyl (C=O) groups is 1. The Morgan fingerprint density at radius 1 is 0.875 bits per heavy atom. The first-order chi connectivity index (χ1) is 15.5. The average Bonchev–Trinajstić information content (AvgIpc) is 2.81. The van der Waals surface area contributed by atoms with E-state index in [9.17, 15) is 4.79 Å². The molecule has 0 aromatic heterocycles. The second kappa shape index (κ2) is 11.5. The number of carbonyl (C=O) groups excluding carboxylic acids is 1. The second-order valence-electron chi connectivity index (χ2n) is 7.57. The van der Waals surface area contributed by atoms with Crippen LogP contribution >= 0.6 is 15.9 Å². The molecule has 1 fully saturated rings. The maximum atomic E-state index is 11.9.